The Balaban J connectivity index is 0.00000480. The second kappa shape index (κ2) is 13.9. The zero-order chi connectivity index (χ0) is 22.0. The van der Waals surface area contributed by atoms with Crippen LogP contribution in [-0.4, -0.2) is 71.2 Å². The normalized spacial score (nSPS) is 14.4. The molecule has 3 N–H and O–H groups in total. The minimum Gasteiger partial charge on any atom is -0.357 e. The van der Waals surface area contributed by atoms with Gasteiger partial charge in [-0.15, -0.1) is 24.0 Å². The molecule has 0 atom stereocenters. The Morgan fingerprint density at radius 1 is 1.23 bits per heavy atom. The lowest BCUT2D eigenvalue weighted by atomic mass is 9.86. The summed E-state index contributed by atoms with van der Waals surface area (Å²) in [7, 11) is 0.174. The summed E-state index contributed by atoms with van der Waals surface area (Å²) in [6, 6.07) is 7.57. The zero-order valence-corrected chi connectivity index (χ0v) is 21.8. The molecule has 0 saturated heterocycles. The van der Waals surface area contributed by atoms with Crippen LogP contribution in [0.15, 0.2) is 29.3 Å². The number of nitrogens with one attached hydrogen (secondary N) is 3. The number of aliphatic imine (C=N–C) groups is 1. The Kier molecular flexibility index (Phi) is 12.4. The number of guanidine groups is 1. The van der Waals surface area contributed by atoms with E-state index in [-0.39, 0.29) is 42.2 Å². The van der Waals surface area contributed by atoms with E-state index in [1.165, 1.54) is 6.42 Å². The quantitative estimate of drug-likeness (QED) is 0.216. The smallest absolute Gasteiger partial charge is 0.253 e. The van der Waals surface area contributed by atoms with E-state index >= 15 is 0 Å². The molecule has 2 rings (SSSR count). The van der Waals surface area contributed by atoms with Gasteiger partial charge in [-0.3, -0.25) is 9.79 Å². The predicted octanol–water partition coefficient (Wildman–Crippen LogP) is 1.82. The van der Waals surface area contributed by atoms with Gasteiger partial charge in [0, 0.05) is 39.3 Å². The van der Waals surface area contributed by atoms with Crippen molar-refractivity contribution in [3.8, 4) is 0 Å². The van der Waals surface area contributed by atoms with E-state index in [1.54, 1.807) is 19.0 Å². The van der Waals surface area contributed by atoms with Gasteiger partial charge in [-0.05, 0) is 49.8 Å². The van der Waals surface area contributed by atoms with Gasteiger partial charge >= 0.3 is 0 Å². The first kappa shape index (κ1) is 27.6. The van der Waals surface area contributed by atoms with Crippen LogP contribution in [0.4, 0.5) is 0 Å². The van der Waals surface area contributed by atoms with Crippen molar-refractivity contribution in [3.05, 3.63) is 35.4 Å². The number of nitrogens with zero attached hydrogens (tertiary/aromatic N) is 2. The van der Waals surface area contributed by atoms with Crippen LogP contribution < -0.4 is 15.4 Å². The Morgan fingerprint density at radius 2 is 1.97 bits per heavy atom. The topological polar surface area (TPSA) is 103 Å². The molecular weight excluding hydrogens is 529 g/mol. The molecule has 31 heavy (non-hydrogen) atoms. The van der Waals surface area contributed by atoms with Crippen LogP contribution in [0, 0.1) is 5.92 Å². The standard InChI is InChI=1S/C21H35N5O3S.HI/c1-4-22-21(24-13-14-30(28,29)25-16-18-8-5-9-18)23-12-11-17-7-6-10-19(15-17)20(27)26(2)3;/h6-7,10,15,18,25H,4-5,8-9,11-14,16H2,1-3H3,(H2,22,23,24);1H. The van der Waals surface area contributed by atoms with E-state index in [0.717, 1.165) is 24.8 Å². The molecule has 0 radical (unpaired) electrons. The lowest BCUT2D eigenvalue weighted by Gasteiger charge is -2.25. The molecule has 0 bridgehead atoms. The number of amides is 1. The molecule has 1 saturated carbocycles. The number of carbonyl (C=O) groups is 1. The summed E-state index contributed by atoms with van der Waals surface area (Å²) >= 11 is 0. The van der Waals surface area contributed by atoms with Crippen LogP contribution in [0.25, 0.3) is 0 Å². The molecule has 1 amide bonds. The predicted molar refractivity (Wildman–Crippen MR) is 137 cm³/mol. The van der Waals surface area contributed by atoms with Crippen molar-refractivity contribution in [1.29, 1.82) is 0 Å². The fourth-order valence-electron chi connectivity index (χ4n) is 3.08. The van der Waals surface area contributed by atoms with Gasteiger partial charge in [-0.25, -0.2) is 13.1 Å². The summed E-state index contributed by atoms with van der Waals surface area (Å²) in [5, 5.41) is 6.35. The Labute approximate surface area is 203 Å². The van der Waals surface area contributed by atoms with Crippen molar-refractivity contribution in [1.82, 2.24) is 20.3 Å². The monoisotopic (exact) mass is 565 g/mol. The minimum absolute atomic E-state index is 0. The van der Waals surface area contributed by atoms with E-state index < -0.39 is 10.0 Å². The van der Waals surface area contributed by atoms with Crippen molar-refractivity contribution < 1.29 is 13.2 Å². The lowest BCUT2D eigenvalue weighted by molar-refractivity contribution is 0.0827. The summed E-state index contributed by atoms with van der Waals surface area (Å²) < 4.78 is 26.9. The average Bonchev–Trinajstić information content (AvgIpc) is 2.66. The molecule has 1 aliphatic carbocycles. The van der Waals surface area contributed by atoms with Crippen LogP contribution in [0.1, 0.15) is 42.1 Å². The molecule has 0 spiro atoms. The van der Waals surface area contributed by atoms with Crippen molar-refractivity contribution in [3.63, 3.8) is 0 Å². The van der Waals surface area contributed by atoms with Gasteiger partial charge in [0.25, 0.3) is 5.91 Å². The van der Waals surface area contributed by atoms with Gasteiger partial charge < -0.3 is 15.5 Å². The van der Waals surface area contributed by atoms with Gasteiger partial charge in [-0.2, -0.15) is 0 Å². The average molecular weight is 566 g/mol. The summed E-state index contributed by atoms with van der Waals surface area (Å²) in [6.45, 7) is 4.01. The van der Waals surface area contributed by atoms with E-state index in [9.17, 15) is 13.2 Å². The molecule has 1 aliphatic rings. The molecule has 0 unspecified atom stereocenters. The molecule has 8 nitrogen and oxygen atoms in total. The molecule has 10 heteroatoms. The molecule has 0 heterocycles. The van der Waals surface area contributed by atoms with Crippen molar-refractivity contribution in [2.24, 2.45) is 10.9 Å². The maximum atomic E-state index is 12.1. The van der Waals surface area contributed by atoms with Crippen LogP contribution in [0.3, 0.4) is 0 Å². The summed E-state index contributed by atoms with van der Waals surface area (Å²) in [5.41, 5.74) is 1.71. The third-order valence-corrected chi connectivity index (χ3v) is 6.40. The molecule has 1 aromatic carbocycles. The highest BCUT2D eigenvalue weighted by atomic mass is 127. The van der Waals surface area contributed by atoms with E-state index in [4.69, 9.17) is 0 Å². The zero-order valence-electron chi connectivity index (χ0n) is 18.7. The minimum atomic E-state index is -3.30. The third-order valence-electron chi connectivity index (χ3n) is 5.08. The number of hydrogen-bond donors (Lipinski definition) is 3. The number of hydrogen-bond acceptors (Lipinski definition) is 4. The van der Waals surface area contributed by atoms with Gasteiger partial charge in [0.2, 0.25) is 10.0 Å². The first-order valence-corrected chi connectivity index (χ1v) is 12.3. The van der Waals surface area contributed by atoms with E-state index in [1.807, 2.05) is 31.2 Å². The summed E-state index contributed by atoms with van der Waals surface area (Å²) in [6.07, 6.45) is 4.15. The Bertz CT molecular complexity index is 826. The molecule has 0 aromatic heterocycles. The van der Waals surface area contributed by atoms with Crippen LogP contribution in [-0.2, 0) is 16.4 Å². The number of carbonyl (C=O) groups excluding carboxylic acids is 1. The maximum Gasteiger partial charge on any atom is 0.253 e. The fraction of sp³-hybridized carbons (Fsp3) is 0.619. The fourth-order valence-corrected chi connectivity index (χ4v) is 4.04. The number of halogens is 1. The van der Waals surface area contributed by atoms with E-state index in [2.05, 4.69) is 20.3 Å². The first-order chi connectivity index (χ1) is 14.3. The molecule has 1 fully saturated rings. The highest BCUT2D eigenvalue weighted by Crippen LogP contribution is 2.25. The molecule has 176 valence electrons. The third kappa shape index (κ3) is 10.2. The maximum absolute atomic E-state index is 12.1. The summed E-state index contributed by atoms with van der Waals surface area (Å²) in [4.78, 5) is 18.0. The van der Waals surface area contributed by atoms with Gasteiger partial charge in [0.15, 0.2) is 5.96 Å². The number of benzene rings is 1. The van der Waals surface area contributed by atoms with Crippen molar-refractivity contribution >= 4 is 45.9 Å². The van der Waals surface area contributed by atoms with Gasteiger partial charge in [0.1, 0.15) is 0 Å². The van der Waals surface area contributed by atoms with Crippen LogP contribution in [0.2, 0.25) is 0 Å². The van der Waals surface area contributed by atoms with Crippen molar-refractivity contribution in [2.45, 2.75) is 32.6 Å². The molecule has 1 aromatic rings. The van der Waals surface area contributed by atoms with Crippen LogP contribution >= 0.6 is 24.0 Å². The largest absolute Gasteiger partial charge is 0.357 e. The second-order valence-corrected chi connectivity index (χ2v) is 9.73. The van der Waals surface area contributed by atoms with E-state index in [0.29, 0.717) is 37.1 Å². The Hall–Kier alpha value is -1.40. The summed E-state index contributed by atoms with van der Waals surface area (Å²) in [5.74, 6) is 1.04. The van der Waals surface area contributed by atoms with Crippen molar-refractivity contribution in [2.75, 3.05) is 46.0 Å². The number of sulfonamides is 1. The SMILES string of the molecule is CCNC(=NCCS(=O)(=O)NCC1CCC1)NCCc1cccc(C(=O)N(C)C)c1.I. The lowest BCUT2D eigenvalue weighted by Crippen LogP contribution is -2.39. The van der Waals surface area contributed by atoms with Gasteiger partial charge in [-0.1, -0.05) is 18.6 Å². The first-order valence-electron chi connectivity index (χ1n) is 10.6. The van der Waals surface area contributed by atoms with Gasteiger partial charge in [0.05, 0.1) is 12.3 Å². The highest BCUT2D eigenvalue weighted by molar-refractivity contribution is 14.0. The highest BCUT2D eigenvalue weighted by Gasteiger charge is 2.20. The number of rotatable bonds is 11. The molecule has 0 aliphatic heterocycles. The van der Waals surface area contributed by atoms with Crippen LogP contribution in [0.5, 0.6) is 0 Å². The molecular formula is C21H36IN5O3S. The second-order valence-electron chi connectivity index (χ2n) is 7.80. The Morgan fingerprint density at radius 3 is 2.58 bits per heavy atom.